The van der Waals surface area contributed by atoms with Gasteiger partial charge in [-0.25, -0.2) is 0 Å². The number of hydrogen-bond donors (Lipinski definition) is 2. The monoisotopic (exact) mass is 199 g/mol. The zero-order chi connectivity index (χ0) is 10.8. The van der Waals surface area contributed by atoms with Gasteiger partial charge in [-0.3, -0.25) is 4.79 Å². The predicted octanol–water partition coefficient (Wildman–Crippen LogP) is 1.31. The van der Waals surface area contributed by atoms with Gasteiger partial charge in [0.15, 0.2) is 0 Å². The number of aliphatic hydroxyl groups is 1. The first-order valence-corrected chi connectivity index (χ1v) is 5.52. The van der Waals surface area contributed by atoms with Crippen LogP contribution in [0.5, 0.6) is 0 Å². The van der Waals surface area contributed by atoms with E-state index in [1.807, 2.05) is 0 Å². The van der Waals surface area contributed by atoms with Crippen molar-refractivity contribution >= 4 is 5.91 Å². The Labute approximate surface area is 85.9 Å². The molecule has 1 amide bonds. The van der Waals surface area contributed by atoms with Gasteiger partial charge < -0.3 is 10.4 Å². The van der Waals surface area contributed by atoms with E-state index < -0.39 is 5.60 Å². The SMILES string of the molecule is CCC(C)C(CC)C1(O)CNC(=O)C1. The summed E-state index contributed by atoms with van der Waals surface area (Å²) in [4.78, 5) is 11.1. The zero-order valence-electron chi connectivity index (χ0n) is 9.34. The summed E-state index contributed by atoms with van der Waals surface area (Å²) in [5.41, 5.74) is -0.804. The quantitative estimate of drug-likeness (QED) is 0.717. The van der Waals surface area contributed by atoms with E-state index in [9.17, 15) is 9.90 Å². The van der Waals surface area contributed by atoms with Crippen LogP contribution in [-0.2, 0) is 4.79 Å². The molecule has 1 aliphatic rings. The van der Waals surface area contributed by atoms with Crippen LogP contribution in [0, 0.1) is 11.8 Å². The van der Waals surface area contributed by atoms with Crippen molar-refractivity contribution in [1.29, 1.82) is 0 Å². The van der Waals surface area contributed by atoms with Gasteiger partial charge in [0.2, 0.25) is 5.91 Å². The van der Waals surface area contributed by atoms with Gasteiger partial charge in [-0.2, -0.15) is 0 Å². The zero-order valence-corrected chi connectivity index (χ0v) is 9.34. The third-order valence-corrected chi connectivity index (χ3v) is 3.52. The fourth-order valence-corrected chi connectivity index (χ4v) is 2.51. The molecular formula is C11H21NO2. The van der Waals surface area contributed by atoms with Crippen LogP contribution in [0.2, 0.25) is 0 Å². The number of nitrogens with one attached hydrogen (secondary N) is 1. The van der Waals surface area contributed by atoms with Crippen molar-refractivity contribution < 1.29 is 9.90 Å². The summed E-state index contributed by atoms with van der Waals surface area (Å²) in [5.74, 6) is 0.679. The fraction of sp³-hybridized carbons (Fsp3) is 0.909. The number of carbonyl (C=O) groups is 1. The summed E-state index contributed by atoms with van der Waals surface area (Å²) in [7, 11) is 0. The van der Waals surface area contributed by atoms with E-state index in [0.29, 0.717) is 12.5 Å². The standard InChI is InChI=1S/C11H21NO2/c1-4-8(3)9(5-2)11(14)6-10(13)12-7-11/h8-9,14H,4-7H2,1-3H3,(H,12,13). The number of amides is 1. The van der Waals surface area contributed by atoms with Crippen LogP contribution in [0.25, 0.3) is 0 Å². The molecule has 0 saturated carbocycles. The molecule has 0 spiro atoms. The van der Waals surface area contributed by atoms with Gasteiger partial charge in [0.25, 0.3) is 0 Å². The first-order valence-electron chi connectivity index (χ1n) is 5.52. The smallest absolute Gasteiger partial charge is 0.223 e. The largest absolute Gasteiger partial charge is 0.387 e. The maximum atomic E-state index is 11.1. The van der Waals surface area contributed by atoms with Crippen molar-refractivity contribution in [1.82, 2.24) is 5.32 Å². The van der Waals surface area contributed by atoms with Gasteiger partial charge in [-0.05, 0) is 11.8 Å². The Morgan fingerprint density at radius 1 is 1.50 bits per heavy atom. The molecule has 1 saturated heterocycles. The molecule has 3 atom stereocenters. The average Bonchev–Trinajstić information content (AvgIpc) is 2.47. The molecule has 0 aromatic heterocycles. The first-order chi connectivity index (χ1) is 6.53. The number of hydrogen-bond acceptors (Lipinski definition) is 2. The van der Waals surface area contributed by atoms with E-state index >= 15 is 0 Å². The van der Waals surface area contributed by atoms with Crippen molar-refractivity contribution in [3.05, 3.63) is 0 Å². The van der Waals surface area contributed by atoms with Gasteiger partial charge in [-0.15, -0.1) is 0 Å². The number of β-amino-alcohol motifs (C(OH)–C–C–N with tert-alkyl or cyclic N) is 1. The van der Waals surface area contributed by atoms with Crippen LogP contribution in [0.1, 0.15) is 40.0 Å². The molecule has 3 nitrogen and oxygen atoms in total. The minimum Gasteiger partial charge on any atom is -0.387 e. The van der Waals surface area contributed by atoms with Gasteiger partial charge in [0, 0.05) is 6.54 Å². The lowest BCUT2D eigenvalue weighted by molar-refractivity contribution is -0.121. The van der Waals surface area contributed by atoms with E-state index in [2.05, 4.69) is 26.1 Å². The van der Waals surface area contributed by atoms with E-state index in [0.717, 1.165) is 12.8 Å². The number of carbonyl (C=O) groups excluding carboxylic acids is 1. The third-order valence-electron chi connectivity index (χ3n) is 3.52. The minimum absolute atomic E-state index is 0.0192. The molecule has 0 aromatic rings. The minimum atomic E-state index is -0.804. The molecule has 0 aliphatic carbocycles. The second kappa shape index (κ2) is 4.30. The van der Waals surface area contributed by atoms with Crippen LogP contribution in [-0.4, -0.2) is 23.2 Å². The summed E-state index contributed by atoms with van der Waals surface area (Å²) in [6.45, 7) is 6.78. The van der Waals surface area contributed by atoms with Crippen LogP contribution in [0.15, 0.2) is 0 Å². The molecule has 0 radical (unpaired) electrons. The normalized spacial score (nSPS) is 31.3. The predicted molar refractivity (Wildman–Crippen MR) is 55.8 cm³/mol. The Hall–Kier alpha value is -0.570. The van der Waals surface area contributed by atoms with Gasteiger partial charge in [-0.1, -0.05) is 33.6 Å². The van der Waals surface area contributed by atoms with Crippen LogP contribution >= 0.6 is 0 Å². The van der Waals surface area contributed by atoms with Gasteiger partial charge >= 0.3 is 0 Å². The molecule has 14 heavy (non-hydrogen) atoms. The summed E-state index contributed by atoms with van der Waals surface area (Å²) in [6, 6.07) is 0. The summed E-state index contributed by atoms with van der Waals surface area (Å²) in [6.07, 6.45) is 2.26. The summed E-state index contributed by atoms with van der Waals surface area (Å²) >= 11 is 0. The Kier molecular flexibility index (Phi) is 3.53. The van der Waals surface area contributed by atoms with E-state index in [1.54, 1.807) is 0 Å². The maximum absolute atomic E-state index is 11.1. The molecule has 1 heterocycles. The fourth-order valence-electron chi connectivity index (χ4n) is 2.51. The topological polar surface area (TPSA) is 49.3 Å². The van der Waals surface area contributed by atoms with Crippen LogP contribution < -0.4 is 5.32 Å². The second-order valence-electron chi connectivity index (χ2n) is 4.46. The highest BCUT2D eigenvalue weighted by molar-refractivity contribution is 5.79. The van der Waals surface area contributed by atoms with Crippen molar-refractivity contribution in [2.75, 3.05) is 6.54 Å². The Bertz CT molecular complexity index is 217. The molecule has 1 aliphatic heterocycles. The van der Waals surface area contributed by atoms with Gasteiger partial charge in [0.1, 0.15) is 0 Å². The molecule has 2 N–H and O–H groups in total. The van der Waals surface area contributed by atoms with E-state index in [-0.39, 0.29) is 18.2 Å². The lowest BCUT2D eigenvalue weighted by Gasteiger charge is -2.34. The van der Waals surface area contributed by atoms with Crippen molar-refractivity contribution in [2.24, 2.45) is 11.8 Å². The van der Waals surface area contributed by atoms with Crippen LogP contribution in [0.4, 0.5) is 0 Å². The Morgan fingerprint density at radius 2 is 2.14 bits per heavy atom. The molecule has 3 heteroatoms. The maximum Gasteiger partial charge on any atom is 0.223 e. The first kappa shape index (κ1) is 11.5. The highest BCUT2D eigenvalue weighted by atomic mass is 16.3. The molecule has 82 valence electrons. The van der Waals surface area contributed by atoms with E-state index in [1.165, 1.54) is 0 Å². The summed E-state index contributed by atoms with van der Waals surface area (Å²) < 4.78 is 0. The molecule has 0 bridgehead atoms. The van der Waals surface area contributed by atoms with Gasteiger partial charge in [0.05, 0.1) is 12.0 Å². The Morgan fingerprint density at radius 3 is 2.50 bits per heavy atom. The van der Waals surface area contributed by atoms with Crippen LogP contribution in [0.3, 0.4) is 0 Å². The van der Waals surface area contributed by atoms with Crippen molar-refractivity contribution in [2.45, 2.75) is 45.6 Å². The number of rotatable bonds is 4. The lowest BCUT2D eigenvalue weighted by atomic mass is 9.75. The lowest BCUT2D eigenvalue weighted by Crippen LogP contribution is -2.42. The van der Waals surface area contributed by atoms with Crippen molar-refractivity contribution in [3.8, 4) is 0 Å². The Balaban J connectivity index is 2.72. The molecule has 1 fully saturated rings. The second-order valence-corrected chi connectivity index (χ2v) is 4.46. The summed E-state index contributed by atoms with van der Waals surface area (Å²) in [5, 5.41) is 13.1. The van der Waals surface area contributed by atoms with E-state index in [4.69, 9.17) is 0 Å². The highest BCUT2D eigenvalue weighted by Gasteiger charge is 2.43. The molecule has 0 aromatic carbocycles. The molecule has 3 unspecified atom stereocenters. The molecular weight excluding hydrogens is 178 g/mol. The average molecular weight is 199 g/mol. The van der Waals surface area contributed by atoms with Crippen molar-refractivity contribution in [3.63, 3.8) is 0 Å². The molecule has 1 rings (SSSR count). The highest BCUT2D eigenvalue weighted by Crippen LogP contribution is 2.34. The third kappa shape index (κ3) is 2.08.